The predicted octanol–water partition coefficient (Wildman–Crippen LogP) is 10.7. The first-order chi connectivity index (χ1) is 26.8. The number of rotatable bonds is 18. The van der Waals surface area contributed by atoms with Crippen LogP contribution in [0.2, 0.25) is 0 Å². The first kappa shape index (κ1) is 39.7. The molecular formula is C48H56O8. The lowest BCUT2D eigenvalue weighted by Crippen LogP contribution is -2.11. The standard InChI is InChI=1S/C48H56O8/c1-30(10-23-43-47(3,4)55-43)24-26-52-36-17-15-34(16-18-36)46(50)54-38-20-22-40-39-21-19-37(28-41(39)31(2)42(40)29-38)53-45(49)33-13-11-32(12-14-33)35(9-8-25-51-7)27-44-48(5,6)56-44/h11-22,28-31,35,43-44H,8-10,23-27H2,1-7H3. The van der Waals surface area contributed by atoms with E-state index < -0.39 is 11.9 Å². The summed E-state index contributed by atoms with van der Waals surface area (Å²) >= 11 is 0. The van der Waals surface area contributed by atoms with E-state index in [0.717, 1.165) is 73.1 Å². The molecule has 0 radical (unpaired) electrons. The SMILES string of the molecule is COCCCC(CC1OC1(C)C)c1ccc(C(=O)Oc2ccc3c(c2)C(C)c2cc(OC(=O)c4ccc(OCCC(C)CCC5OC5(C)C)cc4)ccc2-3)cc1. The molecule has 0 aromatic heterocycles. The Morgan fingerprint density at radius 2 is 1.20 bits per heavy atom. The fourth-order valence-electron chi connectivity index (χ4n) is 8.01. The first-order valence-electron chi connectivity index (χ1n) is 20.2. The Hall–Kier alpha value is -4.50. The third-order valence-corrected chi connectivity index (χ3v) is 11.9. The maximum Gasteiger partial charge on any atom is 0.343 e. The Labute approximate surface area is 331 Å². The molecule has 0 amide bonds. The van der Waals surface area contributed by atoms with Crippen molar-refractivity contribution in [1.29, 1.82) is 0 Å². The van der Waals surface area contributed by atoms with Gasteiger partial charge in [-0.1, -0.05) is 38.1 Å². The normalized spacial score (nSPS) is 20.7. The molecule has 2 saturated heterocycles. The zero-order valence-electron chi connectivity index (χ0n) is 33.9. The van der Waals surface area contributed by atoms with E-state index in [1.54, 1.807) is 19.2 Å². The van der Waals surface area contributed by atoms with Crippen molar-refractivity contribution in [1.82, 2.24) is 0 Å². The van der Waals surface area contributed by atoms with Crippen LogP contribution >= 0.6 is 0 Å². The summed E-state index contributed by atoms with van der Waals surface area (Å²) < 4.78 is 34.6. The van der Waals surface area contributed by atoms with Gasteiger partial charge in [-0.2, -0.15) is 0 Å². The molecule has 4 aromatic rings. The molecule has 3 aliphatic rings. The van der Waals surface area contributed by atoms with Crippen LogP contribution in [0.15, 0.2) is 84.9 Å². The fourth-order valence-corrected chi connectivity index (χ4v) is 8.01. The summed E-state index contributed by atoms with van der Waals surface area (Å²) in [6.07, 6.45) is 6.70. The van der Waals surface area contributed by atoms with E-state index in [1.165, 1.54) is 5.56 Å². The zero-order chi connectivity index (χ0) is 39.6. The van der Waals surface area contributed by atoms with Gasteiger partial charge >= 0.3 is 11.9 Å². The third kappa shape index (κ3) is 9.37. The van der Waals surface area contributed by atoms with Gasteiger partial charge in [0.15, 0.2) is 0 Å². The summed E-state index contributed by atoms with van der Waals surface area (Å²) in [5.41, 5.74) is 6.37. The fraction of sp³-hybridized carbons (Fsp3) is 0.458. The van der Waals surface area contributed by atoms with Gasteiger partial charge < -0.3 is 28.4 Å². The molecule has 2 aliphatic heterocycles. The minimum absolute atomic E-state index is 0.0140. The summed E-state index contributed by atoms with van der Waals surface area (Å²) in [6.45, 7) is 14.2. The number of hydrogen-bond acceptors (Lipinski definition) is 8. The van der Waals surface area contributed by atoms with Crippen LogP contribution in [0.4, 0.5) is 0 Å². The Balaban J connectivity index is 0.915. The molecule has 7 rings (SSSR count). The number of epoxide rings is 2. The smallest absolute Gasteiger partial charge is 0.343 e. The topological polar surface area (TPSA) is 96.1 Å². The van der Waals surface area contributed by atoms with Gasteiger partial charge in [0.25, 0.3) is 0 Å². The second-order valence-electron chi connectivity index (χ2n) is 17.0. The number of hydrogen-bond donors (Lipinski definition) is 0. The van der Waals surface area contributed by atoms with Gasteiger partial charge in [0, 0.05) is 19.6 Å². The van der Waals surface area contributed by atoms with E-state index in [9.17, 15) is 9.59 Å². The number of methoxy groups -OCH3 is 1. The molecule has 8 heteroatoms. The highest BCUT2D eigenvalue weighted by atomic mass is 16.6. The summed E-state index contributed by atoms with van der Waals surface area (Å²) in [5.74, 6) is 1.77. The zero-order valence-corrected chi connectivity index (χ0v) is 33.9. The molecule has 5 atom stereocenters. The van der Waals surface area contributed by atoms with E-state index >= 15 is 0 Å². The molecule has 5 unspecified atom stereocenters. The van der Waals surface area contributed by atoms with E-state index in [-0.39, 0.29) is 23.2 Å². The molecule has 0 N–H and O–H groups in total. The van der Waals surface area contributed by atoms with Gasteiger partial charge in [0.2, 0.25) is 0 Å². The first-order valence-corrected chi connectivity index (χ1v) is 20.2. The highest BCUT2D eigenvalue weighted by Gasteiger charge is 2.48. The minimum atomic E-state index is -0.428. The van der Waals surface area contributed by atoms with Crippen LogP contribution in [0.25, 0.3) is 11.1 Å². The van der Waals surface area contributed by atoms with Gasteiger partial charge in [0.1, 0.15) is 17.2 Å². The highest BCUT2D eigenvalue weighted by molar-refractivity contribution is 5.92. The van der Waals surface area contributed by atoms with Gasteiger partial charge in [-0.15, -0.1) is 0 Å². The molecule has 8 nitrogen and oxygen atoms in total. The lowest BCUT2D eigenvalue weighted by Gasteiger charge is -2.17. The molecule has 4 aromatic carbocycles. The minimum Gasteiger partial charge on any atom is -0.494 e. The number of ether oxygens (including phenoxy) is 6. The number of carbonyl (C=O) groups excluding carboxylic acids is 2. The molecule has 1 aliphatic carbocycles. The van der Waals surface area contributed by atoms with Crippen molar-refractivity contribution < 1.29 is 38.0 Å². The molecular weight excluding hydrogens is 705 g/mol. The van der Waals surface area contributed by atoms with Crippen molar-refractivity contribution in [3.63, 3.8) is 0 Å². The average molecular weight is 761 g/mol. The van der Waals surface area contributed by atoms with Gasteiger partial charge in [-0.05, 0) is 167 Å². The van der Waals surface area contributed by atoms with E-state index in [2.05, 4.69) is 41.5 Å². The van der Waals surface area contributed by atoms with Crippen molar-refractivity contribution in [2.24, 2.45) is 5.92 Å². The summed E-state index contributed by atoms with van der Waals surface area (Å²) in [6, 6.07) is 26.4. The second-order valence-corrected chi connectivity index (χ2v) is 17.0. The quantitative estimate of drug-likeness (QED) is 0.0428. The number of esters is 2. The van der Waals surface area contributed by atoms with Crippen molar-refractivity contribution in [2.75, 3.05) is 20.3 Å². The molecule has 0 saturated carbocycles. The monoisotopic (exact) mass is 760 g/mol. The van der Waals surface area contributed by atoms with E-state index in [0.29, 0.717) is 47.2 Å². The summed E-state index contributed by atoms with van der Waals surface area (Å²) in [7, 11) is 1.73. The van der Waals surface area contributed by atoms with Crippen molar-refractivity contribution in [3.8, 4) is 28.4 Å². The van der Waals surface area contributed by atoms with Crippen LogP contribution in [-0.4, -0.2) is 55.7 Å². The average Bonchev–Trinajstić information content (AvgIpc) is 3.98. The maximum absolute atomic E-state index is 13.3. The highest BCUT2D eigenvalue weighted by Crippen LogP contribution is 2.47. The van der Waals surface area contributed by atoms with E-state index in [1.807, 2.05) is 72.8 Å². The molecule has 0 bridgehead atoms. The number of benzene rings is 4. The number of fused-ring (bicyclic) bond motifs is 3. The molecule has 2 fully saturated rings. The lowest BCUT2D eigenvalue weighted by atomic mass is 9.87. The Morgan fingerprint density at radius 1 is 0.679 bits per heavy atom. The predicted molar refractivity (Wildman–Crippen MR) is 217 cm³/mol. The summed E-state index contributed by atoms with van der Waals surface area (Å²) in [5, 5.41) is 0. The molecule has 296 valence electrons. The van der Waals surface area contributed by atoms with Crippen LogP contribution in [0.5, 0.6) is 17.2 Å². The Morgan fingerprint density at radius 3 is 1.71 bits per heavy atom. The van der Waals surface area contributed by atoms with Gasteiger partial charge in [-0.25, -0.2) is 9.59 Å². The molecule has 0 spiro atoms. The van der Waals surface area contributed by atoms with Crippen LogP contribution in [-0.2, 0) is 14.2 Å². The second kappa shape index (κ2) is 16.5. The van der Waals surface area contributed by atoms with Crippen molar-refractivity contribution in [2.45, 2.75) is 115 Å². The molecule has 56 heavy (non-hydrogen) atoms. The van der Waals surface area contributed by atoms with Crippen LogP contribution < -0.4 is 14.2 Å². The Kier molecular flexibility index (Phi) is 11.7. The molecule has 2 heterocycles. The van der Waals surface area contributed by atoms with Gasteiger partial charge in [-0.3, -0.25) is 0 Å². The van der Waals surface area contributed by atoms with Gasteiger partial charge in [0.05, 0.1) is 41.1 Å². The lowest BCUT2D eigenvalue weighted by molar-refractivity contribution is 0.0725. The van der Waals surface area contributed by atoms with Crippen molar-refractivity contribution in [3.05, 3.63) is 113 Å². The maximum atomic E-state index is 13.3. The third-order valence-electron chi connectivity index (χ3n) is 11.9. The number of carbonyl (C=O) groups is 2. The van der Waals surface area contributed by atoms with Crippen LogP contribution in [0, 0.1) is 5.92 Å². The van der Waals surface area contributed by atoms with Crippen LogP contribution in [0.1, 0.15) is 129 Å². The van der Waals surface area contributed by atoms with Crippen molar-refractivity contribution >= 4 is 11.9 Å². The van der Waals surface area contributed by atoms with E-state index in [4.69, 9.17) is 28.4 Å². The Bertz CT molecular complexity index is 2010. The summed E-state index contributed by atoms with van der Waals surface area (Å²) in [4.78, 5) is 26.4. The van der Waals surface area contributed by atoms with Crippen LogP contribution in [0.3, 0.4) is 0 Å². The largest absolute Gasteiger partial charge is 0.494 e.